The number of Topliss-reactive ketones (excluding diaryl/α,β-unsaturated/α-hetero) is 1. The average molecular weight is 502 g/mol. The molecule has 0 bridgehead atoms. The maximum Gasteiger partial charge on any atom is 0.221 e. The average Bonchev–Trinajstić information content (AvgIpc) is 3.71. The van der Waals surface area contributed by atoms with Crippen molar-refractivity contribution in [3.8, 4) is 0 Å². The highest BCUT2D eigenvalue weighted by Crippen LogP contribution is 2.43. The first-order valence-corrected chi connectivity index (χ1v) is 14.1. The molecule has 190 valence electrons. The van der Waals surface area contributed by atoms with E-state index >= 15 is 0 Å². The normalized spacial score (nSPS) is 20.2. The van der Waals surface area contributed by atoms with Crippen LogP contribution in [0.25, 0.3) is 5.57 Å². The molecule has 2 aromatic carbocycles. The first-order chi connectivity index (χ1) is 18.7. The Balaban J connectivity index is 1.24. The Morgan fingerprint density at radius 1 is 0.816 bits per heavy atom. The van der Waals surface area contributed by atoms with Crippen LogP contribution in [-0.2, 0) is 37.0 Å². The number of aliphatic hydroxyl groups is 1. The van der Waals surface area contributed by atoms with Gasteiger partial charge in [0.1, 0.15) is 11.3 Å². The lowest BCUT2D eigenvalue weighted by Gasteiger charge is -2.23. The molecule has 1 aromatic heterocycles. The van der Waals surface area contributed by atoms with E-state index in [1.165, 1.54) is 33.7 Å². The Morgan fingerprint density at radius 3 is 2.26 bits per heavy atom. The van der Waals surface area contributed by atoms with Gasteiger partial charge in [-0.05, 0) is 61.3 Å². The number of benzene rings is 2. The van der Waals surface area contributed by atoms with E-state index in [9.17, 15) is 9.90 Å². The SMILES string of the molecule is O=C1C(c2cc3c(n2CCc2ccccc2)CCC3)=C(O)/C1=C1\C=C2CCCC2=[N+]1CCc1ccccc1. The van der Waals surface area contributed by atoms with Gasteiger partial charge in [0, 0.05) is 36.7 Å². The van der Waals surface area contributed by atoms with Crippen molar-refractivity contribution in [3.63, 3.8) is 0 Å². The van der Waals surface area contributed by atoms with E-state index in [1.54, 1.807) is 0 Å². The van der Waals surface area contributed by atoms with Gasteiger partial charge in [0.05, 0.1) is 11.3 Å². The number of allylic oxidation sites excluding steroid dienone is 4. The number of carbonyl (C=O) groups is 1. The molecule has 4 heteroatoms. The lowest BCUT2D eigenvalue weighted by Crippen LogP contribution is -2.28. The monoisotopic (exact) mass is 501 g/mol. The van der Waals surface area contributed by atoms with Gasteiger partial charge in [0.2, 0.25) is 11.5 Å². The second-order valence-electron chi connectivity index (χ2n) is 10.9. The van der Waals surface area contributed by atoms with Crippen LogP contribution in [-0.4, -0.2) is 32.3 Å². The first-order valence-electron chi connectivity index (χ1n) is 14.1. The Labute approximate surface area is 224 Å². The standard InChI is InChI=1S/C34H32N2O2/c37-33-31(29-21-25-13-7-15-27(25)35(29)19-17-23-9-3-1-4-10-23)34(38)32(33)30-22-26-14-8-16-28(26)36(30)20-18-24-11-5-2-6-12-24/h1-6,9-12,21-22H,7-8,13-20H2/p+1. The van der Waals surface area contributed by atoms with Gasteiger partial charge in [-0.2, -0.15) is 4.58 Å². The summed E-state index contributed by atoms with van der Waals surface area (Å²) in [5, 5.41) is 11.4. The fourth-order valence-electron chi connectivity index (χ4n) is 6.78. The third-order valence-electron chi connectivity index (χ3n) is 8.69. The van der Waals surface area contributed by atoms with Gasteiger partial charge in [0.15, 0.2) is 12.3 Å². The number of rotatable bonds is 7. The van der Waals surface area contributed by atoms with Gasteiger partial charge < -0.3 is 9.67 Å². The van der Waals surface area contributed by atoms with Crippen molar-refractivity contribution < 1.29 is 14.5 Å². The van der Waals surface area contributed by atoms with Gasteiger partial charge in [-0.1, -0.05) is 60.7 Å². The molecular weight excluding hydrogens is 468 g/mol. The van der Waals surface area contributed by atoms with Crippen LogP contribution in [0.5, 0.6) is 0 Å². The van der Waals surface area contributed by atoms with E-state index in [0.717, 1.165) is 75.8 Å². The molecule has 7 rings (SSSR count). The number of fused-ring (bicyclic) bond motifs is 2. The Morgan fingerprint density at radius 2 is 1.53 bits per heavy atom. The highest BCUT2D eigenvalue weighted by molar-refractivity contribution is 6.39. The molecular formula is C34H33N2O2+. The molecule has 0 spiro atoms. The number of hydrogen-bond donors (Lipinski definition) is 1. The zero-order chi connectivity index (χ0) is 25.6. The minimum Gasteiger partial charge on any atom is -0.506 e. The second-order valence-corrected chi connectivity index (χ2v) is 10.9. The molecule has 3 aromatic rings. The van der Waals surface area contributed by atoms with E-state index < -0.39 is 0 Å². The summed E-state index contributed by atoms with van der Waals surface area (Å²) in [5.74, 6) is 0.154. The Kier molecular flexibility index (Phi) is 5.76. The van der Waals surface area contributed by atoms with Crippen LogP contribution < -0.4 is 0 Å². The van der Waals surface area contributed by atoms with Crippen molar-refractivity contribution in [1.29, 1.82) is 0 Å². The van der Waals surface area contributed by atoms with Gasteiger partial charge >= 0.3 is 0 Å². The minimum absolute atomic E-state index is 0.0169. The highest BCUT2D eigenvalue weighted by atomic mass is 16.3. The largest absolute Gasteiger partial charge is 0.506 e. The van der Waals surface area contributed by atoms with Crippen molar-refractivity contribution in [3.05, 3.63) is 123 Å². The molecule has 1 N–H and O–H groups in total. The molecule has 1 aliphatic heterocycles. The number of carbonyl (C=O) groups excluding carboxylic acids is 1. The van der Waals surface area contributed by atoms with E-state index in [4.69, 9.17) is 0 Å². The fraction of sp³-hybridized carbons (Fsp3) is 0.294. The van der Waals surface area contributed by atoms with Crippen LogP contribution in [0.2, 0.25) is 0 Å². The zero-order valence-corrected chi connectivity index (χ0v) is 21.7. The number of ketones is 1. The molecule has 0 unspecified atom stereocenters. The van der Waals surface area contributed by atoms with Crippen molar-refractivity contribution in [2.75, 3.05) is 6.54 Å². The molecule has 2 heterocycles. The van der Waals surface area contributed by atoms with Crippen LogP contribution >= 0.6 is 0 Å². The maximum absolute atomic E-state index is 13.8. The van der Waals surface area contributed by atoms with Crippen molar-refractivity contribution in [2.24, 2.45) is 0 Å². The summed E-state index contributed by atoms with van der Waals surface area (Å²) in [7, 11) is 0. The molecule has 0 radical (unpaired) electrons. The smallest absolute Gasteiger partial charge is 0.221 e. The lowest BCUT2D eigenvalue weighted by molar-refractivity contribution is -0.469. The van der Waals surface area contributed by atoms with E-state index in [2.05, 4.69) is 69.8 Å². The lowest BCUT2D eigenvalue weighted by atomic mass is 9.84. The molecule has 0 atom stereocenters. The summed E-state index contributed by atoms with van der Waals surface area (Å²) in [6.45, 7) is 1.63. The zero-order valence-electron chi connectivity index (χ0n) is 21.7. The summed E-state index contributed by atoms with van der Waals surface area (Å²) >= 11 is 0. The quantitative estimate of drug-likeness (QED) is 0.312. The third kappa shape index (κ3) is 3.82. The van der Waals surface area contributed by atoms with Gasteiger partial charge in [-0.3, -0.25) is 4.79 Å². The molecule has 4 aliphatic rings. The molecule has 38 heavy (non-hydrogen) atoms. The summed E-state index contributed by atoms with van der Waals surface area (Å²) in [6, 6.07) is 23.2. The van der Waals surface area contributed by atoms with Crippen LogP contribution in [0.15, 0.2) is 95.4 Å². The highest BCUT2D eigenvalue weighted by Gasteiger charge is 2.45. The molecule has 4 nitrogen and oxygen atoms in total. The Hall–Kier alpha value is -3.92. The summed E-state index contributed by atoms with van der Waals surface area (Å²) in [4.78, 5) is 13.8. The number of aliphatic hydroxyl groups excluding tert-OH is 1. The third-order valence-corrected chi connectivity index (χ3v) is 8.69. The van der Waals surface area contributed by atoms with Crippen LogP contribution in [0, 0.1) is 0 Å². The summed E-state index contributed by atoms with van der Waals surface area (Å²) < 4.78 is 4.62. The second kappa shape index (κ2) is 9.43. The fourth-order valence-corrected chi connectivity index (χ4v) is 6.78. The van der Waals surface area contributed by atoms with Crippen LogP contribution in [0.1, 0.15) is 53.8 Å². The van der Waals surface area contributed by atoms with E-state index in [-0.39, 0.29) is 11.5 Å². The molecule has 1 saturated carbocycles. The first kappa shape index (κ1) is 23.2. The molecule has 3 aliphatic carbocycles. The Bertz CT molecular complexity index is 1570. The molecule has 1 fully saturated rings. The molecule has 0 amide bonds. The van der Waals surface area contributed by atoms with Gasteiger partial charge in [0.25, 0.3) is 0 Å². The van der Waals surface area contributed by atoms with Crippen LogP contribution in [0.4, 0.5) is 0 Å². The van der Waals surface area contributed by atoms with E-state index in [1.807, 2.05) is 12.1 Å². The number of hydrogen-bond acceptors (Lipinski definition) is 2. The van der Waals surface area contributed by atoms with E-state index in [0.29, 0.717) is 11.1 Å². The van der Waals surface area contributed by atoms with Crippen LogP contribution in [0.3, 0.4) is 0 Å². The molecule has 0 saturated heterocycles. The maximum atomic E-state index is 13.8. The minimum atomic E-state index is -0.0169. The van der Waals surface area contributed by atoms with Crippen molar-refractivity contribution in [1.82, 2.24) is 4.57 Å². The number of aryl methyl sites for hydroxylation is 2. The van der Waals surface area contributed by atoms with Crippen molar-refractivity contribution >= 4 is 17.1 Å². The predicted octanol–water partition coefficient (Wildman–Crippen LogP) is 6.15. The van der Waals surface area contributed by atoms with Gasteiger partial charge in [-0.25, -0.2) is 0 Å². The predicted molar refractivity (Wildman–Crippen MR) is 150 cm³/mol. The topological polar surface area (TPSA) is 45.2 Å². The van der Waals surface area contributed by atoms with Gasteiger partial charge in [-0.15, -0.1) is 0 Å². The number of aromatic nitrogens is 1. The number of nitrogens with zero attached hydrogens (tertiary/aromatic N) is 2. The van der Waals surface area contributed by atoms with Crippen molar-refractivity contribution in [2.45, 2.75) is 57.9 Å². The summed E-state index contributed by atoms with van der Waals surface area (Å²) in [6.07, 6.45) is 10.5. The summed E-state index contributed by atoms with van der Waals surface area (Å²) in [5.41, 5.74) is 10.7.